The summed E-state index contributed by atoms with van der Waals surface area (Å²) in [5, 5.41) is 5.85. The number of benzene rings is 1. The third-order valence-electron chi connectivity index (χ3n) is 2.54. The van der Waals surface area contributed by atoms with Gasteiger partial charge in [-0.3, -0.25) is 0 Å². The number of rotatable bonds is 6. The van der Waals surface area contributed by atoms with E-state index in [1.54, 1.807) is 6.07 Å². The van der Waals surface area contributed by atoms with Gasteiger partial charge in [-0.2, -0.15) is 15.0 Å². The summed E-state index contributed by atoms with van der Waals surface area (Å²) < 4.78 is 23.5. The molecule has 0 atom stereocenters. The van der Waals surface area contributed by atoms with E-state index in [1.807, 2.05) is 6.92 Å². The molecule has 1 aromatic carbocycles. The van der Waals surface area contributed by atoms with Gasteiger partial charge < -0.3 is 20.1 Å². The van der Waals surface area contributed by atoms with E-state index in [9.17, 15) is 4.39 Å². The van der Waals surface area contributed by atoms with Crippen LogP contribution in [-0.4, -0.2) is 35.7 Å². The fraction of sp³-hybridized carbons (Fsp3) is 0.308. The second-order valence-electron chi connectivity index (χ2n) is 3.97. The summed E-state index contributed by atoms with van der Waals surface area (Å²) in [7, 11) is 2.87. The molecular formula is C13H16FN5O2. The number of aromatic nitrogens is 3. The van der Waals surface area contributed by atoms with Crippen LogP contribution in [0.15, 0.2) is 18.2 Å². The van der Waals surface area contributed by atoms with Crippen LogP contribution in [-0.2, 0) is 0 Å². The summed E-state index contributed by atoms with van der Waals surface area (Å²) >= 11 is 0. The lowest BCUT2D eigenvalue weighted by molar-refractivity contribution is 0.379. The molecule has 2 N–H and O–H groups in total. The Morgan fingerprint density at radius 3 is 2.48 bits per heavy atom. The third-order valence-corrected chi connectivity index (χ3v) is 2.54. The molecule has 1 aromatic heterocycles. The van der Waals surface area contributed by atoms with Gasteiger partial charge in [-0.25, -0.2) is 4.39 Å². The molecule has 2 aromatic rings. The Hall–Kier alpha value is -2.64. The van der Waals surface area contributed by atoms with Crippen LogP contribution in [0.5, 0.6) is 11.8 Å². The second-order valence-corrected chi connectivity index (χ2v) is 3.97. The molecule has 0 spiro atoms. The summed E-state index contributed by atoms with van der Waals surface area (Å²) in [6.07, 6.45) is 0. The van der Waals surface area contributed by atoms with Crippen LogP contribution in [0.1, 0.15) is 6.92 Å². The molecule has 0 fully saturated rings. The number of hydrogen-bond acceptors (Lipinski definition) is 7. The molecule has 0 aliphatic heterocycles. The van der Waals surface area contributed by atoms with Gasteiger partial charge in [0.2, 0.25) is 11.9 Å². The topological polar surface area (TPSA) is 81.2 Å². The van der Waals surface area contributed by atoms with Crippen molar-refractivity contribution in [2.24, 2.45) is 0 Å². The summed E-state index contributed by atoms with van der Waals surface area (Å²) in [5.74, 6) is 0.320. The minimum absolute atomic E-state index is 0.164. The monoisotopic (exact) mass is 293 g/mol. The molecule has 21 heavy (non-hydrogen) atoms. The van der Waals surface area contributed by atoms with Crippen LogP contribution >= 0.6 is 0 Å². The van der Waals surface area contributed by atoms with Crippen LogP contribution in [0.2, 0.25) is 0 Å². The summed E-state index contributed by atoms with van der Waals surface area (Å²) in [6, 6.07) is 4.63. The average Bonchev–Trinajstić information content (AvgIpc) is 2.47. The van der Waals surface area contributed by atoms with Gasteiger partial charge in [0.25, 0.3) is 0 Å². The van der Waals surface area contributed by atoms with E-state index >= 15 is 0 Å². The van der Waals surface area contributed by atoms with E-state index < -0.39 is 5.82 Å². The van der Waals surface area contributed by atoms with Gasteiger partial charge in [-0.1, -0.05) is 0 Å². The Balaban J connectivity index is 2.25. The molecule has 0 unspecified atom stereocenters. The van der Waals surface area contributed by atoms with Crippen LogP contribution < -0.4 is 20.1 Å². The number of nitrogens with zero attached hydrogens (tertiary/aromatic N) is 3. The Labute approximate surface area is 121 Å². The molecule has 0 amide bonds. The Morgan fingerprint density at radius 1 is 1.10 bits per heavy atom. The first-order valence-corrected chi connectivity index (χ1v) is 6.30. The van der Waals surface area contributed by atoms with Crippen LogP contribution in [0.3, 0.4) is 0 Å². The maximum absolute atomic E-state index is 13.6. The van der Waals surface area contributed by atoms with Gasteiger partial charge in [0, 0.05) is 18.3 Å². The molecule has 0 bridgehead atoms. The molecule has 0 aliphatic rings. The molecule has 0 aliphatic carbocycles. The molecular weight excluding hydrogens is 277 g/mol. The number of ether oxygens (including phenoxy) is 2. The highest BCUT2D eigenvalue weighted by Gasteiger charge is 2.08. The normalized spacial score (nSPS) is 10.1. The number of halogens is 1. The smallest absolute Gasteiger partial charge is 0.322 e. The van der Waals surface area contributed by atoms with Gasteiger partial charge >= 0.3 is 6.01 Å². The molecule has 7 nitrogen and oxygen atoms in total. The maximum Gasteiger partial charge on any atom is 0.322 e. The van der Waals surface area contributed by atoms with Gasteiger partial charge in [-0.05, 0) is 19.1 Å². The molecule has 0 radical (unpaired) electrons. The highest BCUT2D eigenvalue weighted by atomic mass is 19.1. The fourth-order valence-corrected chi connectivity index (χ4v) is 1.61. The molecule has 112 valence electrons. The third kappa shape index (κ3) is 3.68. The summed E-state index contributed by atoms with van der Waals surface area (Å²) in [6.45, 7) is 2.58. The lowest BCUT2D eigenvalue weighted by Crippen LogP contribution is -2.08. The van der Waals surface area contributed by atoms with Gasteiger partial charge in [0.15, 0.2) is 11.6 Å². The van der Waals surface area contributed by atoms with E-state index in [2.05, 4.69) is 25.6 Å². The average molecular weight is 293 g/mol. The zero-order chi connectivity index (χ0) is 15.2. The highest BCUT2D eigenvalue weighted by molar-refractivity contribution is 5.56. The van der Waals surface area contributed by atoms with E-state index in [4.69, 9.17) is 9.47 Å². The van der Waals surface area contributed by atoms with Crippen molar-refractivity contribution in [3.8, 4) is 11.8 Å². The molecule has 0 saturated carbocycles. The largest absolute Gasteiger partial charge is 0.494 e. The minimum Gasteiger partial charge on any atom is -0.494 e. The van der Waals surface area contributed by atoms with Crippen molar-refractivity contribution in [2.75, 3.05) is 31.4 Å². The molecule has 0 saturated heterocycles. The number of hydrogen-bond donors (Lipinski definition) is 2. The first-order valence-electron chi connectivity index (χ1n) is 6.30. The Morgan fingerprint density at radius 2 is 1.86 bits per heavy atom. The first kappa shape index (κ1) is 14.8. The van der Waals surface area contributed by atoms with Crippen LogP contribution in [0, 0.1) is 5.82 Å². The predicted octanol–water partition coefficient (Wildman–Crippen LogP) is 2.20. The number of nitrogens with one attached hydrogen (secondary N) is 2. The van der Waals surface area contributed by atoms with Crippen LogP contribution in [0.25, 0.3) is 0 Å². The lowest BCUT2D eigenvalue weighted by Gasteiger charge is -2.09. The van der Waals surface area contributed by atoms with Crippen molar-refractivity contribution in [3.05, 3.63) is 24.0 Å². The second kappa shape index (κ2) is 6.69. The Bertz CT molecular complexity index is 624. The fourth-order valence-electron chi connectivity index (χ4n) is 1.61. The Kier molecular flexibility index (Phi) is 4.70. The summed E-state index contributed by atoms with van der Waals surface area (Å²) in [4.78, 5) is 12.3. The zero-order valence-electron chi connectivity index (χ0n) is 12.0. The quantitative estimate of drug-likeness (QED) is 0.845. The molecule has 2 rings (SSSR count). The standard InChI is InChI=1S/C13H16FN5O2/c1-4-15-11-17-12(19-13(18-11)21-3)16-8-5-6-10(20-2)9(14)7-8/h5-7H,4H2,1-3H3,(H2,15,16,17,18,19). The van der Waals surface area contributed by atoms with Crippen molar-refractivity contribution in [1.82, 2.24) is 15.0 Å². The van der Waals surface area contributed by atoms with Crippen LogP contribution in [0.4, 0.5) is 22.0 Å². The van der Waals surface area contributed by atoms with Crippen molar-refractivity contribution >= 4 is 17.6 Å². The van der Waals surface area contributed by atoms with Crippen molar-refractivity contribution in [3.63, 3.8) is 0 Å². The first-order chi connectivity index (χ1) is 10.2. The predicted molar refractivity (Wildman–Crippen MR) is 76.8 cm³/mol. The molecule has 1 heterocycles. The van der Waals surface area contributed by atoms with Gasteiger partial charge in [0.05, 0.1) is 14.2 Å². The SMILES string of the molecule is CCNc1nc(Nc2ccc(OC)c(F)c2)nc(OC)n1. The number of methoxy groups -OCH3 is 2. The maximum atomic E-state index is 13.6. The van der Waals surface area contributed by atoms with E-state index in [0.29, 0.717) is 18.2 Å². The zero-order valence-corrected chi connectivity index (χ0v) is 12.0. The van der Waals surface area contributed by atoms with Crippen molar-refractivity contribution in [1.29, 1.82) is 0 Å². The number of anilines is 3. The molecule has 8 heteroatoms. The summed E-state index contributed by atoms with van der Waals surface area (Å²) in [5.41, 5.74) is 0.490. The van der Waals surface area contributed by atoms with Gasteiger partial charge in [0.1, 0.15) is 0 Å². The van der Waals surface area contributed by atoms with Crippen molar-refractivity contribution < 1.29 is 13.9 Å². The van der Waals surface area contributed by atoms with Gasteiger partial charge in [-0.15, -0.1) is 0 Å². The minimum atomic E-state index is -0.476. The van der Waals surface area contributed by atoms with E-state index in [1.165, 1.54) is 26.4 Å². The van der Waals surface area contributed by atoms with E-state index in [0.717, 1.165) is 0 Å². The van der Waals surface area contributed by atoms with Crippen molar-refractivity contribution in [2.45, 2.75) is 6.92 Å². The van der Waals surface area contributed by atoms with E-state index in [-0.39, 0.29) is 17.7 Å². The highest BCUT2D eigenvalue weighted by Crippen LogP contribution is 2.23. The lowest BCUT2D eigenvalue weighted by atomic mass is 10.3.